The minimum Gasteiger partial charge on any atom is -0.387 e. The van der Waals surface area contributed by atoms with Crippen LogP contribution in [-0.4, -0.2) is 66.7 Å². The van der Waals surface area contributed by atoms with Gasteiger partial charge in [0.25, 0.3) is 0 Å². The van der Waals surface area contributed by atoms with Crippen molar-refractivity contribution < 1.29 is 0 Å². The predicted octanol–water partition coefficient (Wildman–Crippen LogP) is 2.86. The Kier molecular flexibility index (Phi) is 11.2. The highest BCUT2D eigenvalue weighted by Gasteiger charge is 2.18. The summed E-state index contributed by atoms with van der Waals surface area (Å²) < 4.78 is 0. The molecule has 0 aromatic rings. The average Bonchev–Trinajstić information content (AvgIpc) is 2.60. The van der Waals surface area contributed by atoms with E-state index in [-0.39, 0.29) is 0 Å². The molecule has 1 saturated heterocycles. The first kappa shape index (κ1) is 22.3. The molecule has 1 unspecified atom stereocenters. The maximum Gasteiger partial charge on any atom is 0.0345 e. The number of rotatable bonds is 12. The second kappa shape index (κ2) is 12.6. The fourth-order valence-corrected chi connectivity index (χ4v) is 3.30. The molecule has 5 nitrogen and oxygen atoms in total. The maximum absolute atomic E-state index is 6.19. The summed E-state index contributed by atoms with van der Waals surface area (Å²) in [7, 11) is 0. The van der Waals surface area contributed by atoms with Gasteiger partial charge < -0.3 is 15.2 Å². The standard InChI is InChI=1S/C20H43N5/c1-6-19(5)9-8-11-25(21)17-20(22-7-2)10-12-23-13-15-24(16-14-23)18(3)4/h17-19,22H,6-16,21H2,1-5H3/b20-17-. The van der Waals surface area contributed by atoms with Gasteiger partial charge in [0, 0.05) is 70.2 Å². The molecule has 0 saturated carbocycles. The van der Waals surface area contributed by atoms with E-state index >= 15 is 0 Å². The van der Waals surface area contributed by atoms with Crippen molar-refractivity contribution in [2.24, 2.45) is 11.8 Å². The summed E-state index contributed by atoms with van der Waals surface area (Å²) in [5.74, 6) is 6.99. The van der Waals surface area contributed by atoms with Crippen molar-refractivity contribution in [2.45, 2.75) is 66.3 Å². The molecule has 0 spiro atoms. The van der Waals surface area contributed by atoms with E-state index in [4.69, 9.17) is 5.84 Å². The molecule has 1 fully saturated rings. The van der Waals surface area contributed by atoms with Crippen LogP contribution >= 0.6 is 0 Å². The summed E-state index contributed by atoms with van der Waals surface area (Å²) in [4.78, 5) is 5.14. The number of nitrogens with one attached hydrogen (secondary N) is 1. The lowest BCUT2D eigenvalue weighted by molar-refractivity contribution is 0.109. The highest BCUT2D eigenvalue weighted by atomic mass is 15.4. The highest BCUT2D eigenvalue weighted by molar-refractivity contribution is 4.99. The highest BCUT2D eigenvalue weighted by Crippen LogP contribution is 2.11. The number of hydrazine groups is 1. The first-order valence-corrected chi connectivity index (χ1v) is 10.4. The maximum atomic E-state index is 6.19. The molecule has 1 rings (SSSR count). The van der Waals surface area contributed by atoms with Crippen molar-refractivity contribution in [3.8, 4) is 0 Å². The van der Waals surface area contributed by atoms with Crippen molar-refractivity contribution in [3.63, 3.8) is 0 Å². The number of nitrogens with two attached hydrogens (primary N) is 1. The zero-order valence-corrected chi connectivity index (χ0v) is 17.4. The number of hydrogen-bond donors (Lipinski definition) is 2. The van der Waals surface area contributed by atoms with E-state index in [2.05, 4.69) is 55.9 Å². The second-order valence-corrected chi connectivity index (χ2v) is 7.80. The van der Waals surface area contributed by atoms with Crippen molar-refractivity contribution in [2.75, 3.05) is 45.8 Å². The average molecular weight is 354 g/mol. The Balaban J connectivity index is 2.35. The van der Waals surface area contributed by atoms with E-state index in [0.29, 0.717) is 6.04 Å². The summed E-state index contributed by atoms with van der Waals surface area (Å²) in [6.07, 6.45) is 6.85. The molecule has 1 atom stereocenters. The molecule has 25 heavy (non-hydrogen) atoms. The fourth-order valence-electron chi connectivity index (χ4n) is 3.30. The molecule has 0 radical (unpaired) electrons. The predicted molar refractivity (Wildman–Crippen MR) is 109 cm³/mol. The topological polar surface area (TPSA) is 47.8 Å². The Hall–Kier alpha value is -0.780. The third-order valence-electron chi connectivity index (χ3n) is 5.37. The molecule has 0 aliphatic carbocycles. The van der Waals surface area contributed by atoms with Crippen LogP contribution in [0.15, 0.2) is 11.9 Å². The monoisotopic (exact) mass is 353 g/mol. The first-order chi connectivity index (χ1) is 12.0. The van der Waals surface area contributed by atoms with Crippen LogP contribution in [0.4, 0.5) is 0 Å². The lowest BCUT2D eigenvalue weighted by Crippen LogP contribution is -2.49. The van der Waals surface area contributed by atoms with E-state index in [1.165, 1.54) is 51.1 Å². The van der Waals surface area contributed by atoms with Gasteiger partial charge in [-0.3, -0.25) is 4.90 Å². The summed E-state index contributed by atoms with van der Waals surface area (Å²) in [6, 6.07) is 0.667. The van der Waals surface area contributed by atoms with Crippen LogP contribution < -0.4 is 11.2 Å². The van der Waals surface area contributed by atoms with Gasteiger partial charge in [-0.15, -0.1) is 0 Å². The van der Waals surface area contributed by atoms with Gasteiger partial charge in [0.1, 0.15) is 0 Å². The number of piperazine rings is 1. The van der Waals surface area contributed by atoms with Crippen LogP contribution in [-0.2, 0) is 0 Å². The Morgan fingerprint density at radius 2 is 1.84 bits per heavy atom. The summed E-state index contributed by atoms with van der Waals surface area (Å²) in [6.45, 7) is 19.1. The molecule has 148 valence electrons. The Morgan fingerprint density at radius 3 is 2.40 bits per heavy atom. The van der Waals surface area contributed by atoms with Gasteiger partial charge in [-0.1, -0.05) is 20.3 Å². The van der Waals surface area contributed by atoms with E-state index in [9.17, 15) is 0 Å². The normalized spacial score (nSPS) is 18.6. The molecule has 0 bridgehead atoms. The first-order valence-electron chi connectivity index (χ1n) is 10.4. The zero-order valence-electron chi connectivity index (χ0n) is 17.4. The van der Waals surface area contributed by atoms with E-state index in [1.807, 2.05) is 5.01 Å². The van der Waals surface area contributed by atoms with Crippen molar-refractivity contribution in [3.05, 3.63) is 11.9 Å². The quantitative estimate of drug-likeness (QED) is 0.417. The van der Waals surface area contributed by atoms with Crippen LogP contribution in [0.2, 0.25) is 0 Å². The third-order valence-corrected chi connectivity index (χ3v) is 5.37. The van der Waals surface area contributed by atoms with Gasteiger partial charge in [-0.05, 0) is 39.5 Å². The summed E-state index contributed by atoms with van der Waals surface area (Å²) in [5, 5.41) is 5.36. The minimum atomic E-state index is 0.667. The molecule has 0 aromatic heterocycles. The largest absolute Gasteiger partial charge is 0.387 e. The van der Waals surface area contributed by atoms with Gasteiger partial charge in [0.05, 0.1) is 0 Å². The van der Waals surface area contributed by atoms with E-state index in [0.717, 1.165) is 32.0 Å². The Bertz CT molecular complexity index is 361. The van der Waals surface area contributed by atoms with Crippen molar-refractivity contribution >= 4 is 0 Å². The molecule has 1 heterocycles. The molecule has 3 N–H and O–H groups in total. The van der Waals surface area contributed by atoms with Gasteiger partial charge in [0.2, 0.25) is 0 Å². The molecule has 5 heteroatoms. The van der Waals surface area contributed by atoms with Gasteiger partial charge in [-0.2, -0.15) is 0 Å². The summed E-state index contributed by atoms with van der Waals surface area (Å²) in [5.41, 5.74) is 1.26. The third kappa shape index (κ3) is 9.47. The number of nitrogens with zero attached hydrogens (tertiary/aromatic N) is 3. The zero-order chi connectivity index (χ0) is 18.7. The smallest absolute Gasteiger partial charge is 0.0345 e. The van der Waals surface area contributed by atoms with Gasteiger partial charge in [-0.25, -0.2) is 5.84 Å². The molecular formula is C20H43N5. The minimum absolute atomic E-state index is 0.667. The molecule has 1 aliphatic heterocycles. The van der Waals surface area contributed by atoms with Crippen LogP contribution in [0.3, 0.4) is 0 Å². The lowest BCUT2D eigenvalue weighted by atomic mass is 10.0. The summed E-state index contributed by atoms with van der Waals surface area (Å²) >= 11 is 0. The Morgan fingerprint density at radius 1 is 1.16 bits per heavy atom. The molecule has 0 aromatic carbocycles. The SMILES string of the molecule is CCN/C(=C\N(N)CCCC(C)CC)CCN1CCN(C(C)C)CC1. The van der Waals surface area contributed by atoms with Gasteiger partial charge >= 0.3 is 0 Å². The molecular weight excluding hydrogens is 310 g/mol. The van der Waals surface area contributed by atoms with Gasteiger partial charge in [0.15, 0.2) is 0 Å². The lowest BCUT2D eigenvalue weighted by Gasteiger charge is -2.37. The van der Waals surface area contributed by atoms with Crippen LogP contribution in [0.5, 0.6) is 0 Å². The van der Waals surface area contributed by atoms with Crippen molar-refractivity contribution in [1.82, 2.24) is 20.1 Å². The second-order valence-electron chi connectivity index (χ2n) is 7.80. The fraction of sp³-hybridized carbons (Fsp3) is 0.900. The van der Waals surface area contributed by atoms with Crippen LogP contribution in [0, 0.1) is 5.92 Å². The molecule has 0 amide bonds. The van der Waals surface area contributed by atoms with Crippen molar-refractivity contribution in [1.29, 1.82) is 0 Å². The van der Waals surface area contributed by atoms with E-state index < -0.39 is 0 Å². The Labute approximate surface area is 156 Å². The van der Waals surface area contributed by atoms with E-state index in [1.54, 1.807) is 0 Å². The van der Waals surface area contributed by atoms with Crippen LogP contribution in [0.25, 0.3) is 0 Å². The number of hydrogen-bond acceptors (Lipinski definition) is 5. The molecule has 1 aliphatic rings. The van der Waals surface area contributed by atoms with Crippen LogP contribution in [0.1, 0.15) is 60.3 Å².